The molecule has 0 radical (unpaired) electrons. The van der Waals surface area contributed by atoms with Crippen molar-refractivity contribution in [2.24, 2.45) is 0 Å². The zero-order chi connectivity index (χ0) is 13.5. The quantitative estimate of drug-likeness (QED) is 0.872. The Morgan fingerprint density at radius 3 is 2.78 bits per heavy atom. The largest absolute Gasteiger partial charge is 0.480 e. The van der Waals surface area contributed by atoms with E-state index in [9.17, 15) is 4.79 Å². The molecule has 1 heterocycles. The van der Waals surface area contributed by atoms with Gasteiger partial charge in [-0.2, -0.15) is 0 Å². The van der Waals surface area contributed by atoms with Gasteiger partial charge in [0.05, 0.1) is 0 Å². The molecule has 1 atom stereocenters. The maximum atomic E-state index is 11.1. The van der Waals surface area contributed by atoms with Gasteiger partial charge < -0.3 is 10.0 Å². The number of fused-ring (bicyclic) bond motifs is 1. The first-order chi connectivity index (χ1) is 8.31. The fraction of sp³-hybridized carbons (Fsp3) is 0.533. The standard InChI is InChI=1S/C15H21NO2/c1-10-5-6-13-12(7-10)11(2)8-15(3,4)16(13)9-14(17)18/h5-7,11H,8-9H2,1-4H3,(H,17,18). The smallest absolute Gasteiger partial charge is 0.323 e. The molecule has 98 valence electrons. The lowest BCUT2D eigenvalue weighted by atomic mass is 9.79. The zero-order valence-electron chi connectivity index (χ0n) is 11.5. The Balaban J connectivity index is 2.51. The maximum absolute atomic E-state index is 11.1. The molecule has 0 saturated heterocycles. The Labute approximate surface area is 108 Å². The van der Waals surface area contributed by atoms with Gasteiger partial charge in [-0.1, -0.05) is 24.6 Å². The van der Waals surface area contributed by atoms with Gasteiger partial charge in [-0.25, -0.2) is 0 Å². The van der Waals surface area contributed by atoms with Crippen molar-refractivity contribution in [2.75, 3.05) is 11.4 Å². The van der Waals surface area contributed by atoms with Gasteiger partial charge in [0.2, 0.25) is 0 Å². The number of rotatable bonds is 2. The van der Waals surface area contributed by atoms with Crippen LogP contribution >= 0.6 is 0 Å². The van der Waals surface area contributed by atoms with Crippen LogP contribution in [0, 0.1) is 6.92 Å². The second-order valence-corrected chi connectivity index (χ2v) is 5.96. The van der Waals surface area contributed by atoms with Crippen molar-refractivity contribution >= 4 is 11.7 Å². The molecule has 0 fully saturated rings. The normalized spacial score (nSPS) is 21.6. The van der Waals surface area contributed by atoms with Crippen molar-refractivity contribution in [3.63, 3.8) is 0 Å². The first kappa shape index (κ1) is 12.9. The Bertz CT molecular complexity index is 479. The molecule has 1 aromatic carbocycles. The van der Waals surface area contributed by atoms with Crippen molar-refractivity contribution in [2.45, 2.75) is 45.6 Å². The van der Waals surface area contributed by atoms with Crippen LogP contribution in [0.3, 0.4) is 0 Å². The Morgan fingerprint density at radius 1 is 1.50 bits per heavy atom. The summed E-state index contributed by atoms with van der Waals surface area (Å²) < 4.78 is 0. The number of benzene rings is 1. The zero-order valence-corrected chi connectivity index (χ0v) is 11.5. The first-order valence-electron chi connectivity index (χ1n) is 6.41. The minimum Gasteiger partial charge on any atom is -0.480 e. The van der Waals surface area contributed by atoms with Crippen LogP contribution in [0.1, 0.15) is 44.2 Å². The number of carboxylic acids is 1. The highest BCUT2D eigenvalue weighted by Crippen LogP contribution is 2.43. The third-order valence-electron chi connectivity index (χ3n) is 3.83. The molecular weight excluding hydrogens is 226 g/mol. The van der Waals surface area contributed by atoms with Crippen LogP contribution in [0.4, 0.5) is 5.69 Å². The average molecular weight is 247 g/mol. The molecule has 0 bridgehead atoms. The van der Waals surface area contributed by atoms with Gasteiger partial charge in [-0.3, -0.25) is 4.79 Å². The summed E-state index contributed by atoms with van der Waals surface area (Å²) in [6.07, 6.45) is 0.983. The third-order valence-corrected chi connectivity index (χ3v) is 3.83. The van der Waals surface area contributed by atoms with Gasteiger partial charge >= 0.3 is 5.97 Å². The monoisotopic (exact) mass is 247 g/mol. The summed E-state index contributed by atoms with van der Waals surface area (Å²) in [4.78, 5) is 13.1. The van der Waals surface area contributed by atoms with Crippen molar-refractivity contribution in [3.8, 4) is 0 Å². The Hall–Kier alpha value is -1.51. The highest BCUT2D eigenvalue weighted by atomic mass is 16.4. The number of carboxylic acid groups (broad SMARTS) is 1. The van der Waals surface area contributed by atoms with Gasteiger partial charge in [0.25, 0.3) is 0 Å². The summed E-state index contributed by atoms with van der Waals surface area (Å²) >= 11 is 0. The maximum Gasteiger partial charge on any atom is 0.323 e. The van der Waals surface area contributed by atoms with E-state index in [1.54, 1.807) is 0 Å². The predicted molar refractivity (Wildman–Crippen MR) is 73.3 cm³/mol. The number of hydrogen-bond acceptors (Lipinski definition) is 2. The number of aryl methyl sites for hydroxylation is 1. The third kappa shape index (κ3) is 2.22. The van der Waals surface area contributed by atoms with Crippen molar-refractivity contribution in [1.29, 1.82) is 0 Å². The second kappa shape index (κ2) is 4.30. The molecule has 2 rings (SSSR count). The molecule has 3 nitrogen and oxygen atoms in total. The number of nitrogens with zero attached hydrogens (tertiary/aromatic N) is 1. The van der Waals surface area contributed by atoms with Crippen LogP contribution in [-0.4, -0.2) is 23.2 Å². The van der Waals surface area contributed by atoms with E-state index < -0.39 is 5.97 Å². The summed E-state index contributed by atoms with van der Waals surface area (Å²) in [7, 11) is 0. The molecule has 1 aromatic rings. The van der Waals surface area contributed by atoms with E-state index in [2.05, 4.69) is 45.9 Å². The van der Waals surface area contributed by atoms with Crippen LogP contribution in [0.2, 0.25) is 0 Å². The van der Waals surface area contributed by atoms with Gasteiger partial charge in [0, 0.05) is 11.2 Å². The van der Waals surface area contributed by atoms with E-state index in [0.717, 1.165) is 12.1 Å². The Morgan fingerprint density at radius 2 is 2.17 bits per heavy atom. The van der Waals surface area contributed by atoms with Gasteiger partial charge in [-0.05, 0) is 44.7 Å². The fourth-order valence-corrected chi connectivity index (χ4v) is 3.04. The summed E-state index contributed by atoms with van der Waals surface area (Å²) in [6.45, 7) is 8.60. The molecule has 0 spiro atoms. The molecule has 3 heteroatoms. The van der Waals surface area contributed by atoms with Crippen molar-refractivity contribution in [1.82, 2.24) is 0 Å². The molecule has 1 unspecified atom stereocenters. The predicted octanol–water partition coefficient (Wildman–Crippen LogP) is 3.17. The Kier molecular flexibility index (Phi) is 3.09. The molecule has 0 aliphatic carbocycles. The van der Waals surface area contributed by atoms with Crippen molar-refractivity contribution < 1.29 is 9.90 Å². The van der Waals surface area contributed by atoms with Gasteiger partial charge in [0.15, 0.2) is 0 Å². The first-order valence-corrected chi connectivity index (χ1v) is 6.41. The lowest BCUT2D eigenvalue weighted by Crippen LogP contribution is -2.50. The van der Waals surface area contributed by atoms with E-state index >= 15 is 0 Å². The lowest BCUT2D eigenvalue weighted by molar-refractivity contribution is -0.135. The molecule has 0 amide bonds. The molecule has 18 heavy (non-hydrogen) atoms. The van der Waals surface area contributed by atoms with Crippen LogP contribution in [0.25, 0.3) is 0 Å². The molecule has 0 saturated carbocycles. The second-order valence-electron chi connectivity index (χ2n) is 5.96. The van der Waals surface area contributed by atoms with Gasteiger partial charge in [0.1, 0.15) is 6.54 Å². The van der Waals surface area contributed by atoms with Crippen LogP contribution in [-0.2, 0) is 4.79 Å². The minimum absolute atomic E-state index is 0.0653. The average Bonchev–Trinajstić information content (AvgIpc) is 2.23. The highest BCUT2D eigenvalue weighted by molar-refractivity contribution is 5.76. The van der Waals surface area contributed by atoms with E-state index in [1.807, 2.05) is 4.90 Å². The van der Waals surface area contributed by atoms with E-state index in [0.29, 0.717) is 5.92 Å². The molecule has 0 aromatic heterocycles. The van der Waals surface area contributed by atoms with E-state index in [-0.39, 0.29) is 12.1 Å². The summed E-state index contributed by atoms with van der Waals surface area (Å²) in [5.74, 6) is -0.302. The van der Waals surface area contributed by atoms with E-state index in [4.69, 9.17) is 5.11 Å². The summed E-state index contributed by atoms with van der Waals surface area (Å²) in [5.41, 5.74) is 3.47. The van der Waals surface area contributed by atoms with Crippen LogP contribution in [0.5, 0.6) is 0 Å². The number of hydrogen-bond donors (Lipinski definition) is 1. The van der Waals surface area contributed by atoms with Crippen molar-refractivity contribution in [3.05, 3.63) is 29.3 Å². The summed E-state index contributed by atoms with van der Waals surface area (Å²) in [5, 5.41) is 9.10. The highest BCUT2D eigenvalue weighted by Gasteiger charge is 2.37. The topological polar surface area (TPSA) is 40.5 Å². The molecule has 1 aliphatic rings. The van der Waals surface area contributed by atoms with E-state index in [1.165, 1.54) is 11.1 Å². The summed E-state index contributed by atoms with van der Waals surface area (Å²) in [6, 6.07) is 6.30. The number of carbonyl (C=O) groups is 1. The minimum atomic E-state index is -0.774. The SMILES string of the molecule is Cc1ccc2c(c1)C(C)CC(C)(C)N2CC(=O)O. The number of anilines is 1. The molecule has 1 N–H and O–H groups in total. The molecular formula is C15H21NO2. The fourth-order valence-electron chi connectivity index (χ4n) is 3.04. The molecule has 1 aliphatic heterocycles. The van der Waals surface area contributed by atoms with Crippen LogP contribution < -0.4 is 4.90 Å². The lowest BCUT2D eigenvalue weighted by Gasteiger charge is -2.46. The number of aliphatic carboxylic acids is 1. The van der Waals surface area contributed by atoms with Crippen LogP contribution in [0.15, 0.2) is 18.2 Å². The van der Waals surface area contributed by atoms with Gasteiger partial charge in [-0.15, -0.1) is 0 Å².